The molecule has 0 amide bonds. The Morgan fingerprint density at radius 3 is 1.33 bits per heavy atom. The number of anilines is 1. The molecule has 0 radical (unpaired) electrons. The molecule has 226 valence electrons. The van der Waals surface area contributed by atoms with Crippen molar-refractivity contribution in [1.82, 2.24) is 0 Å². The topological polar surface area (TPSA) is 103 Å². The Morgan fingerprint density at radius 2 is 0.923 bits per heavy atom. The van der Waals surface area contributed by atoms with Crippen molar-refractivity contribution in [3.63, 3.8) is 0 Å². The molecule has 1 rings (SSSR count). The van der Waals surface area contributed by atoms with Crippen LogP contribution in [0.15, 0.2) is 24.3 Å². The van der Waals surface area contributed by atoms with Crippen molar-refractivity contribution in [3.8, 4) is 0 Å². The van der Waals surface area contributed by atoms with Crippen molar-refractivity contribution in [3.05, 3.63) is 29.8 Å². The number of unbranched alkanes of at least 4 members (excludes halogenated alkanes) is 2. The molecule has 0 unspecified atom stereocenters. The smallest absolute Gasteiger partial charge is 0.338 e. The van der Waals surface area contributed by atoms with Gasteiger partial charge in [-0.05, 0) is 37.1 Å². The molecule has 0 atom stereocenters. The predicted molar refractivity (Wildman–Crippen MR) is 151 cm³/mol. The van der Waals surface area contributed by atoms with E-state index in [1.165, 1.54) is 0 Å². The number of nitrogens with one attached hydrogen (secondary N) is 1. The molecule has 0 spiro atoms. The molecular formula is C29H51NO9. The summed E-state index contributed by atoms with van der Waals surface area (Å²) in [5, 5.41) is 3.32. The van der Waals surface area contributed by atoms with E-state index in [0.29, 0.717) is 91.5 Å². The standard InChI is InChI=1S/C29H51NO9/c1-3-5-11-30-28-9-7-27(8-10-28)29(31)39-26-25-38-24-23-37-22-21-36-20-19-35-18-17-34-16-15-33-14-13-32-12-6-4-2/h7-10,30H,3-6,11-26H2,1-2H3. The summed E-state index contributed by atoms with van der Waals surface area (Å²) in [5.74, 6) is -0.354. The molecule has 0 fully saturated rings. The molecule has 39 heavy (non-hydrogen) atoms. The quantitative estimate of drug-likeness (QED) is 0.115. The molecule has 1 N–H and O–H groups in total. The van der Waals surface area contributed by atoms with Crippen molar-refractivity contribution in [1.29, 1.82) is 0 Å². The van der Waals surface area contributed by atoms with Crippen LogP contribution in [0.1, 0.15) is 49.9 Å². The Labute approximate surface area is 234 Å². The summed E-state index contributed by atoms with van der Waals surface area (Å²) in [6, 6.07) is 7.30. The minimum absolute atomic E-state index is 0.200. The molecule has 0 aliphatic heterocycles. The van der Waals surface area contributed by atoms with Gasteiger partial charge in [-0.15, -0.1) is 0 Å². The zero-order valence-electron chi connectivity index (χ0n) is 24.1. The monoisotopic (exact) mass is 557 g/mol. The zero-order valence-corrected chi connectivity index (χ0v) is 24.1. The van der Waals surface area contributed by atoms with Crippen LogP contribution in [-0.2, 0) is 37.9 Å². The van der Waals surface area contributed by atoms with Gasteiger partial charge in [-0.1, -0.05) is 26.7 Å². The third-order valence-corrected chi connectivity index (χ3v) is 5.32. The Morgan fingerprint density at radius 1 is 0.538 bits per heavy atom. The van der Waals surface area contributed by atoms with Crippen LogP contribution in [0.2, 0.25) is 0 Å². The Kier molecular flexibility index (Phi) is 25.1. The van der Waals surface area contributed by atoms with E-state index in [1.807, 2.05) is 12.1 Å². The fourth-order valence-electron chi connectivity index (χ4n) is 3.08. The maximum absolute atomic E-state index is 12.1. The van der Waals surface area contributed by atoms with E-state index in [2.05, 4.69) is 19.2 Å². The molecule has 0 aromatic heterocycles. The van der Waals surface area contributed by atoms with Gasteiger partial charge in [-0.2, -0.15) is 0 Å². The van der Waals surface area contributed by atoms with Crippen molar-refractivity contribution in [2.45, 2.75) is 39.5 Å². The van der Waals surface area contributed by atoms with Gasteiger partial charge in [-0.25, -0.2) is 4.79 Å². The summed E-state index contributed by atoms with van der Waals surface area (Å²) in [6.45, 7) is 12.8. The SMILES string of the molecule is CCCCNc1ccc(C(=O)OCCOCCOCCOCCOCCOCCOCCOCCCC)cc1. The first-order valence-electron chi connectivity index (χ1n) is 14.3. The summed E-state index contributed by atoms with van der Waals surface area (Å²) >= 11 is 0. The molecule has 0 aliphatic rings. The molecule has 10 nitrogen and oxygen atoms in total. The average molecular weight is 558 g/mol. The van der Waals surface area contributed by atoms with Crippen LogP contribution in [0.25, 0.3) is 0 Å². The number of carbonyl (C=O) groups is 1. The van der Waals surface area contributed by atoms with Gasteiger partial charge < -0.3 is 43.2 Å². The highest BCUT2D eigenvalue weighted by atomic mass is 16.6. The number of esters is 1. The molecular weight excluding hydrogens is 506 g/mol. The minimum atomic E-state index is -0.354. The highest BCUT2D eigenvalue weighted by Gasteiger charge is 2.06. The van der Waals surface area contributed by atoms with Gasteiger partial charge in [-0.3, -0.25) is 0 Å². The molecule has 0 heterocycles. The lowest BCUT2D eigenvalue weighted by molar-refractivity contribution is -0.0223. The van der Waals surface area contributed by atoms with E-state index in [4.69, 9.17) is 37.9 Å². The maximum Gasteiger partial charge on any atom is 0.338 e. The van der Waals surface area contributed by atoms with E-state index < -0.39 is 0 Å². The number of carbonyl (C=O) groups excluding carboxylic acids is 1. The molecule has 0 aliphatic carbocycles. The normalized spacial score (nSPS) is 11.1. The third kappa shape index (κ3) is 22.7. The van der Waals surface area contributed by atoms with E-state index in [0.717, 1.165) is 44.5 Å². The number of ether oxygens (including phenoxy) is 8. The van der Waals surface area contributed by atoms with Gasteiger partial charge in [0, 0.05) is 18.8 Å². The lowest BCUT2D eigenvalue weighted by Gasteiger charge is -2.09. The van der Waals surface area contributed by atoms with Crippen molar-refractivity contribution in [2.75, 3.05) is 111 Å². The molecule has 0 saturated heterocycles. The van der Waals surface area contributed by atoms with Crippen LogP contribution >= 0.6 is 0 Å². The van der Waals surface area contributed by atoms with Crippen molar-refractivity contribution in [2.24, 2.45) is 0 Å². The van der Waals surface area contributed by atoms with E-state index in [1.54, 1.807) is 12.1 Å². The fraction of sp³-hybridized carbons (Fsp3) is 0.759. The van der Waals surface area contributed by atoms with E-state index in [9.17, 15) is 4.79 Å². The summed E-state index contributed by atoms with van der Waals surface area (Å²) in [5.41, 5.74) is 1.53. The predicted octanol–water partition coefficient (Wildman–Crippen LogP) is 3.97. The van der Waals surface area contributed by atoms with Crippen molar-refractivity contribution >= 4 is 11.7 Å². The lowest BCUT2D eigenvalue weighted by atomic mass is 10.2. The molecule has 1 aromatic rings. The van der Waals surface area contributed by atoms with Crippen LogP contribution in [0.3, 0.4) is 0 Å². The van der Waals surface area contributed by atoms with Gasteiger partial charge >= 0.3 is 5.97 Å². The van der Waals surface area contributed by atoms with Crippen LogP contribution in [0, 0.1) is 0 Å². The Hall–Kier alpha value is -1.79. The first kappa shape index (κ1) is 35.2. The number of hydrogen-bond donors (Lipinski definition) is 1. The first-order chi connectivity index (χ1) is 19.3. The Balaban J connectivity index is 1.77. The number of rotatable bonds is 29. The third-order valence-electron chi connectivity index (χ3n) is 5.32. The lowest BCUT2D eigenvalue weighted by Crippen LogP contribution is -2.15. The fourth-order valence-corrected chi connectivity index (χ4v) is 3.08. The van der Waals surface area contributed by atoms with Crippen molar-refractivity contribution < 1.29 is 42.7 Å². The minimum Gasteiger partial charge on any atom is -0.460 e. The number of hydrogen-bond acceptors (Lipinski definition) is 10. The second kappa shape index (κ2) is 27.8. The molecule has 0 saturated carbocycles. The first-order valence-corrected chi connectivity index (χ1v) is 14.3. The molecule has 1 aromatic carbocycles. The highest BCUT2D eigenvalue weighted by Crippen LogP contribution is 2.10. The van der Waals surface area contributed by atoms with Gasteiger partial charge in [0.25, 0.3) is 0 Å². The van der Waals surface area contributed by atoms with Gasteiger partial charge in [0.15, 0.2) is 0 Å². The zero-order chi connectivity index (χ0) is 28.1. The number of benzene rings is 1. The maximum atomic E-state index is 12.1. The summed E-state index contributed by atoms with van der Waals surface area (Å²) < 4.78 is 43.3. The van der Waals surface area contributed by atoms with Crippen LogP contribution in [0.4, 0.5) is 5.69 Å². The average Bonchev–Trinajstić information content (AvgIpc) is 2.95. The largest absolute Gasteiger partial charge is 0.460 e. The molecule has 10 heteroatoms. The van der Waals surface area contributed by atoms with Crippen LogP contribution in [-0.4, -0.2) is 112 Å². The van der Waals surface area contributed by atoms with E-state index >= 15 is 0 Å². The Bertz CT molecular complexity index is 661. The van der Waals surface area contributed by atoms with Gasteiger partial charge in [0.05, 0.1) is 91.5 Å². The highest BCUT2D eigenvalue weighted by molar-refractivity contribution is 5.89. The van der Waals surface area contributed by atoms with Gasteiger partial charge in [0.1, 0.15) is 6.61 Å². The summed E-state index contributed by atoms with van der Waals surface area (Å²) in [4.78, 5) is 12.1. The van der Waals surface area contributed by atoms with Crippen LogP contribution < -0.4 is 5.32 Å². The van der Waals surface area contributed by atoms with Gasteiger partial charge in [0.2, 0.25) is 0 Å². The summed E-state index contributed by atoms with van der Waals surface area (Å²) in [6.07, 6.45) is 4.49. The molecule has 0 bridgehead atoms. The summed E-state index contributed by atoms with van der Waals surface area (Å²) in [7, 11) is 0. The van der Waals surface area contributed by atoms with E-state index in [-0.39, 0.29) is 12.6 Å². The second-order valence-corrected chi connectivity index (χ2v) is 8.63. The van der Waals surface area contributed by atoms with Crippen LogP contribution in [0.5, 0.6) is 0 Å². The second-order valence-electron chi connectivity index (χ2n) is 8.63.